The molecule has 2 aromatic rings. The Labute approximate surface area is 192 Å². The Kier molecular flexibility index (Phi) is 9.25. The topological polar surface area (TPSA) is 68.0 Å². The Morgan fingerprint density at radius 2 is 1.52 bits per heavy atom. The van der Waals surface area contributed by atoms with E-state index in [-0.39, 0.29) is 6.61 Å². The van der Waals surface area contributed by atoms with Gasteiger partial charge in [0.05, 0.1) is 25.4 Å². The molecule has 9 heteroatoms. The molecule has 1 saturated heterocycles. The minimum absolute atomic E-state index is 0.0900. The highest BCUT2D eigenvalue weighted by atomic mass is 19.4. The van der Waals surface area contributed by atoms with Gasteiger partial charge in [-0.25, -0.2) is 0 Å². The molecule has 1 aliphatic rings. The number of nitrogens with two attached hydrogens (primary N) is 1. The van der Waals surface area contributed by atoms with Gasteiger partial charge in [-0.3, -0.25) is 14.6 Å². The fourth-order valence-corrected chi connectivity index (χ4v) is 3.78. The number of rotatable bonds is 11. The molecule has 0 aromatic heterocycles. The average Bonchev–Trinajstić information content (AvgIpc) is 2.79. The summed E-state index contributed by atoms with van der Waals surface area (Å²) in [4.78, 5) is 15.3. The minimum atomic E-state index is -4.33. The number of piperazine rings is 1. The predicted octanol–water partition coefficient (Wildman–Crippen LogP) is 3.01. The summed E-state index contributed by atoms with van der Waals surface area (Å²) in [5.41, 5.74) is 7.21. The monoisotopic (exact) mass is 465 g/mol. The van der Waals surface area contributed by atoms with E-state index in [0.717, 1.165) is 68.1 Å². The van der Waals surface area contributed by atoms with Gasteiger partial charge >= 0.3 is 6.18 Å². The third-order valence-electron chi connectivity index (χ3n) is 5.57. The molecular formula is C24H30F3N3O3. The quantitative estimate of drug-likeness (QED) is 0.517. The van der Waals surface area contributed by atoms with Crippen molar-refractivity contribution in [3.05, 3.63) is 59.7 Å². The standard InChI is InChI=1S/C24H30F3N3O3/c25-24(26,27)21-7-5-19(6-8-21)22-4-2-1-3-20(22)17-30-11-9-29(10-12-30)13-14-32-15-16-33-18-23(28)31/h1-8H,9-18H2,(H2,28,31). The van der Waals surface area contributed by atoms with Crippen LogP contribution in [0.15, 0.2) is 48.5 Å². The highest BCUT2D eigenvalue weighted by Crippen LogP contribution is 2.32. The fourth-order valence-electron chi connectivity index (χ4n) is 3.78. The van der Waals surface area contributed by atoms with Crippen LogP contribution < -0.4 is 5.73 Å². The van der Waals surface area contributed by atoms with Gasteiger partial charge in [0, 0.05) is 39.3 Å². The van der Waals surface area contributed by atoms with Crippen LogP contribution in [0.2, 0.25) is 0 Å². The maximum atomic E-state index is 12.9. The van der Waals surface area contributed by atoms with E-state index in [0.29, 0.717) is 19.8 Å². The molecule has 0 aliphatic carbocycles. The number of halogens is 3. The van der Waals surface area contributed by atoms with Crippen molar-refractivity contribution in [2.24, 2.45) is 5.73 Å². The Bertz CT molecular complexity index is 883. The Balaban J connectivity index is 1.44. The second-order valence-corrected chi connectivity index (χ2v) is 7.98. The van der Waals surface area contributed by atoms with Crippen LogP contribution in [0, 0.1) is 0 Å². The largest absolute Gasteiger partial charge is 0.416 e. The Morgan fingerprint density at radius 1 is 0.879 bits per heavy atom. The van der Waals surface area contributed by atoms with Crippen molar-refractivity contribution in [2.45, 2.75) is 12.7 Å². The van der Waals surface area contributed by atoms with Gasteiger partial charge in [-0.15, -0.1) is 0 Å². The summed E-state index contributed by atoms with van der Waals surface area (Å²) in [6.45, 7) is 6.50. The molecule has 2 N–H and O–H groups in total. The summed E-state index contributed by atoms with van der Waals surface area (Å²) in [6, 6.07) is 13.2. The molecule has 0 radical (unpaired) electrons. The average molecular weight is 466 g/mol. The number of nitrogens with zero attached hydrogens (tertiary/aromatic N) is 2. The molecule has 1 heterocycles. The van der Waals surface area contributed by atoms with Crippen molar-refractivity contribution in [1.29, 1.82) is 0 Å². The predicted molar refractivity (Wildman–Crippen MR) is 119 cm³/mol. The van der Waals surface area contributed by atoms with E-state index in [1.807, 2.05) is 24.3 Å². The second kappa shape index (κ2) is 12.1. The first-order chi connectivity index (χ1) is 15.8. The first kappa shape index (κ1) is 25.2. The SMILES string of the molecule is NC(=O)COCCOCCN1CCN(Cc2ccccc2-c2ccc(C(F)(F)F)cc2)CC1. The van der Waals surface area contributed by atoms with Crippen LogP contribution in [0.25, 0.3) is 11.1 Å². The van der Waals surface area contributed by atoms with Gasteiger partial charge in [-0.05, 0) is 28.8 Å². The molecule has 0 saturated carbocycles. The van der Waals surface area contributed by atoms with Crippen molar-refractivity contribution in [2.75, 3.05) is 59.2 Å². The normalized spacial score (nSPS) is 15.6. The lowest BCUT2D eigenvalue weighted by molar-refractivity contribution is -0.137. The molecular weight excluding hydrogens is 435 g/mol. The number of hydrogen-bond acceptors (Lipinski definition) is 5. The molecule has 1 fully saturated rings. The maximum Gasteiger partial charge on any atom is 0.416 e. The third kappa shape index (κ3) is 8.12. The van der Waals surface area contributed by atoms with Gasteiger partial charge < -0.3 is 15.2 Å². The minimum Gasteiger partial charge on any atom is -0.378 e. The first-order valence-corrected chi connectivity index (χ1v) is 11.0. The lowest BCUT2D eigenvalue weighted by atomic mass is 9.98. The number of hydrogen-bond donors (Lipinski definition) is 1. The summed E-state index contributed by atoms with van der Waals surface area (Å²) < 4.78 is 49.2. The van der Waals surface area contributed by atoms with E-state index in [9.17, 15) is 18.0 Å². The molecule has 3 rings (SSSR count). The van der Waals surface area contributed by atoms with E-state index < -0.39 is 17.6 Å². The highest BCUT2D eigenvalue weighted by Gasteiger charge is 2.30. The summed E-state index contributed by atoms with van der Waals surface area (Å²) in [6.07, 6.45) is -4.33. The molecule has 0 bridgehead atoms. The van der Waals surface area contributed by atoms with Crippen LogP contribution >= 0.6 is 0 Å². The smallest absolute Gasteiger partial charge is 0.378 e. The number of amides is 1. The summed E-state index contributed by atoms with van der Waals surface area (Å²) in [7, 11) is 0. The summed E-state index contributed by atoms with van der Waals surface area (Å²) >= 11 is 0. The Hall–Kier alpha value is -2.46. The van der Waals surface area contributed by atoms with Crippen LogP contribution in [0.3, 0.4) is 0 Å². The van der Waals surface area contributed by atoms with Crippen molar-refractivity contribution in [3.63, 3.8) is 0 Å². The van der Waals surface area contributed by atoms with Crippen molar-refractivity contribution >= 4 is 5.91 Å². The molecule has 1 amide bonds. The van der Waals surface area contributed by atoms with Crippen molar-refractivity contribution in [1.82, 2.24) is 9.80 Å². The lowest BCUT2D eigenvalue weighted by Crippen LogP contribution is -2.46. The van der Waals surface area contributed by atoms with E-state index in [4.69, 9.17) is 15.2 Å². The zero-order valence-corrected chi connectivity index (χ0v) is 18.5. The number of primary amides is 1. The fraction of sp³-hybridized carbons (Fsp3) is 0.458. The molecule has 2 aromatic carbocycles. The molecule has 0 atom stereocenters. The molecule has 6 nitrogen and oxygen atoms in total. The van der Waals surface area contributed by atoms with Crippen LogP contribution in [0.1, 0.15) is 11.1 Å². The zero-order valence-electron chi connectivity index (χ0n) is 18.5. The maximum absolute atomic E-state index is 12.9. The van der Waals surface area contributed by atoms with Gasteiger partial charge in [-0.1, -0.05) is 36.4 Å². The third-order valence-corrected chi connectivity index (χ3v) is 5.57. The van der Waals surface area contributed by atoms with Crippen LogP contribution in [0.4, 0.5) is 13.2 Å². The lowest BCUT2D eigenvalue weighted by Gasteiger charge is -2.35. The van der Waals surface area contributed by atoms with Gasteiger partial charge in [-0.2, -0.15) is 13.2 Å². The van der Waals surface area contributed by atoms with Gasteiger partial charge in [0.15, 0.2) is 0 Å². The molecule has 33 heavy (non-hydrogen) atoms. The number of carbonyl (C=O) groups is 1. The number of benzene rings is 2. The van der Waals surface area contributed by atoms with Crippen LogP contribution in [0.5, 0.6) is 0 Å². The van der Waals surface area contributed by atoms with Crippen LogP contribution in [-0.4, -0.2) is 74.9 Å². The number of ether oxygens (including phenoxy) is 2. The number of alkyl halides is 3. The van der Waals surface area contributed by atoms with Gasteiger partial charge in [0.25, 0.3) is 0 Å². The molecule has 1 aliphatic heterocycles. The van der Waals surface area contributed by atoms with Gasteiger partial charge in [0.2, 0.25) is 5.91 Å². The number of carbonyl (C=O) groups excluding carboxylic acids is 1. The zero-order chi connectivity index (χ0) is 23.7. The molecule has 0 spiro atoms. The first-order valence-electron chi connectivity index (χ1n) is 11.0. The van der Waals surface area contributed by atoms with Crippen molar-refractivity contribution < 1.29 is 27.4 Å². The summed E-state index contributed by atoms with van der Waals surface area (Å²) in [5.74, 6) is -0.491. The van der Waals surface area contributed by atoms with E-state index in [1.165, 1.54) is 0 Å². The molecule has 0 unspecified atom stereocenters. The second-order valence-electron chi connectivity index (χ2n) is 7.98. The van der Waals surface area contributed by atoms with E-state index >= 15 is 0 Å². The highest BCUT2D eigenvalue weighted by molar-refractivity contribution is 5.75. The Morgan fingerprint density at radius 3 is 2.18 bits per heavy atom. The van der Waals surface area contributed by atoms with Crippen molar-refractivity contribution in [3.8, 4) is 11.1 Å². The van der Waals surface area contributed by atoms with Gasteiger partial charge in [0.1, 0.15) is 6.61 Å². The van der Waals surface area contributed by atoms with E-state index in [2.05, 4.69) is 9.80 Å². The molecule has 180 valence electrons. The van der Waals surface area contributed by atoms with Crippen LogP contribution in [-0.2, 0) is 27.0 Å². The summed E-state index contributed by atoms with van der Waals surface area (Å²) in [5, 5.41) is 0. The van der Waals surface area contributed by atoms with E-state index in [1.54, 1.807) is 12.1 Å².